The number of hydrogen-bond acceptors (Lipinski definition) is 2. The Morgan fingerprint density at radius 2 is 2.27 bits per heavy atom. The number of fused-ring (bicyclic) bond motifs is 1. The third kappa shape index (κ3) is 1.90. The lowest BCUT2D eigenvalue weighted by molar-refractivity contribution is 0.790. The maximum Gasteiger partial charge on any atom is 0.185 e. The first-order chi connectivity index (χ1) is 7.22. The number of nitrogens with zero attached hydrogens (tertiary/aromatic N) is 1. The molecule has 0 aromatic heterocycles. The molecule has 4 heteroatoms. The van der Waals surface area contributed by atoms with Crippen LogP contribution in [0.5, 0.6) is 0 Å². The van der Waals surface area contributed by atoms with Gasteiger partial charge in [-0.2, -0.15) is 0 Å². The molecule has 0 saturated heterocycles. The molecule has 3 nitrogen and oxygen atoms in total. The first-order valence-electron chi connectivity index (χ1n) is 5.07. The fourth-order valence-corrected chi connectivity index (χ4v) is 2.01. The smallest absolute Gasteiger partial charge is 0.185 e. The van der Waals surface area contributed by atoms with E-state index in [1.165, 1.54) is 16.8 Å². The van der Waals surface area contributed by atoms with Crippen LogP contribution in [0.15, 0.2) is 18.2 Å². The fourth-order valence-electron chi connectivity index (χ4n) is 1.90. The van der Waals surface area contributed by atoms with E-state index in [4.69, 9.17) is 12.2 Å². The van der Waals surface area contributed by atoms with Crippen LogP contribution in [-0.2, 0) is 6.42 Å². The summed E-state index contributed by atoms with van der Waals surface area (Å²) >= 11 is 5.09. The summed E-state index contributed by atoms with van der Waals surface area (Å²) in [5, 5.41) is 5.67. The zero-order chi connectivity index (χ0) is 10.8. The topological polar surface area (TPSA) is 27.3 Å². The minimum Gasteiger partial charge on any atom is -0.364 e. The van der Waals surface area contributed by atoms with Crippen molar-refractivity contribution in [2.75, 3.05) is 18.6 Å². The molecule has 0 spiro atoms. The van der Waals surface area contributed by atoms with Crippen molar-refractivity contribution in [3.8, 4) is 0 Å². The van der Waals surface area contributed by atoms with E-state index in [0.29, 0.717) is 5.11 Å². The molecular weight excluding hydrogens is 206 g/mol. The highest BCUT2D eigenvalue weighted by molar-refractivity contribution is 7.80. The van der Waals surface area contributed by atoms with Crippen LogP contribution in [0.2, 0.25) is 0 Å². The average Bonchev–Trinajstić information content (AvgIpc) is 2.63. The number of hydrazine groups is 1. The van der Waals surface area contributed by atoms with Crippen molar-refractivity contribution in [2.45, 2.75) is 13.3 Å². The van der Waals surface area contributed by atoms with Crippen LogP contribution in [0.1, 0.15) is 11.1 Å². The standard InChI is InChI=1S/C11H15N3S/c1-8-4-3-5-10-9(8)6-7-14(10)13-11(15)12-2/h3-5H,6-7H2,1-2H3,(H2,12,13,15). The van der Waals surface area contributed by atoms with Crippen molar-refractivity contribution < 1.29 is 0 Å². The molecule has 0 radical (unpaired) electrons. The molecule has 0 atom stereocenters. The third-order valence-corrected chi connectivity index (χ3v) is 3.02. The summed E-state index contributed by atoms with van der Waals surface area (Å²) in [4.78, 5) is 0. The van der Waals surface area contributed by atoms with Gasteiger partial charge in [-0.05, 0) is 42.8 Å². The molecular formula is C11H15N3S. The van der Waals surface area contributed by atoms with E-state index in [9.17, 15) is 0 Å². The summed E-state index contributed by atoms with van der Waals surface area (Å²) in [6, 6.07) is 6.36. The molecule has 0 amide bonds. The highest BCUT2D eigenvalue weighted by Gasteiger charge is 2.20. The predicted molar refractivity (Wildman–Crippen MR) is 67.0 cm³/mol. The van der Waals surface area contributed by atoms with E-state index < -0.39 is 0 Å². The average molecular weight is 221 g/mol. The van der Waals surface area contributed by atoms with Crippen molar-refractivity contribution in [3.05, 3.63) is 29.3 Å². The summed E-state index contributed by atoms with van der Waals surface area (Å²) in [6.07, 6.45) is 1.08. The Morgan fingerprint density at radius 3 is 3.00 bits per heavy atom. The molecule has 80 valence electrons. The second-order valence-corrected chi connectivity index (χ2v) is 4.07. The van der Waals surface area contributed by atoms with E-state index in [-0.39, 0.29) is 0 Å². The summed E-state index contributed by atoms with van der Waals surface area (Å²) in [7, 11) is 1.82. The zero-order valence-electron chi connectivity index (χ0n) is 9.00. The van der Waals surface area contributed by atoms with E-state index >= 15 is 0 Å². The quantitative estimate of drug-likeness (QED) is 0.700. The Morgan fingerprint density at radius 1 is 1.47 bits per heavy atom. The Hall–Kier alpha value is -1.29. The van der Waals surface area contributed by atoms with Gasteiger partial charge in [0, 0.05) is 13.6 Å². The van der Waals surface area contributed by atoms with Gasteiger partial charge in [0.15, 0.2) is 5.11 Å². The molecule has 2 N–H and O–H groups in total. The zero-order valence-corrected chi connectivity index (χ0v) is 9.82. The van der Waals surface area contributed by atoms with Gasteiger partial charge in [0.2, 0.25) is 0 Å². The molecule has 0 unspecified atom stereocenters. The van der Waals surface area contributed by atoms with Gasteiger partial charge < -0.3 is 5.32 Å². The van der Waals surface area contributed by atoms with Gasteiger partial charge in [0.25, 0.3) is 0 Å². The van der Waals surface area contributed by atoms with E-state index in [2.05, 4.69) is 40.9 Å². The predicted octanol–water partition coefficient (Wildman–Crippen LogP) is 1.37. The van der Waals surface area contributed by atoms with Crippen LogP contribution in [0.4, 0.5) is 5.69 Å². The van der Waals surface area contributed by atoms with Gasteiger partial charge in [-0.25, -0.2) is 0 Å². The van der Waals surface area contributed by atoms with Crippen LogP contribution < -0.4 is 15.8 Å². The highest BCUT2D eigenvalue weighted by Crippen LogP contribution is 2.28. The molecule has 1 aliphatic rings. The van der Waals surface area contributed by atoms with Crippen molar-refractivity contribution in [1.29, 1.82) is 0 Å². The molecule has 1 aromatic carbocycles. The lowest BCUT2D eigenvalue weighted by Gasteiger charge is -2.21. The Kier molecular flexibility index (Phi) is 2.77. The molecule has 0 fully saturated rings. The van der Waals surface area contributed by atoms with Crippen LogP contribution in [0.3, 0.4) is 0 Å². The summed E-state index contributed by atoms with van der Waals surface area (Å²) in [5.74, 6) is 0. The summed E-state index contributed by atoms with van der Waals surface area (Å²) in [5.41, 5.74) is 7.18. The van der Waals surface area contributed by atoms with Gasteiger partial charge >= 0.3 is 0 Å². The minimum absolute atomic E-state index is 0.657. The van der Waals surface area contributed by atoms with Gasteiger partial charge in [0.1, 0.15) is 0 Å². The number of rotatable bonds is 1. The van der Waals surface area contributed by atoms with Crippen LogP contribution in [0.25, 0.3) is 0 Å². The maximum atomic E-state index is 5.09. The van der Waals surface area contributed by atoms with Crippen LogP contribution in [-0.4, -0.2) is 18.7 Å². The molecule has 1 aromatic rings. The van der Waals surface area contributed by atoms with E-state index in [1.54, 1.807) is 0 Å². The van der Waals surface area contributed by atoms with E-state index in [1.807, 2.05) is 7.05 Å². The second-order valence-electron chi connectivity index (χ2n) is 3.67. The van der Waals surface area contributed by atoms with Crippen molar-refractivity contribution in [2.24, 2.45) is 0 Å². The molecule has 2 rings (SSSR count). The molecule has 1 aliphatic heterocycles. The minimum atomic E-state index is 0.657. The lowest BCUT2D eigenvalue weighted by Crippen LogP contribution is -2.45. The monoisotopic (exact) mass is 221 g/mol. The van der Waals surface area contributed by atoms with Crippen LogP contribution >= 0.6 is 12.2 Å². The van der Waals surface area contributed by atoms with Gasteiger partial charge in [-0.1, -0.05) is 12.1 Å². The largest absolute Gasteiger partial charge is 0.364 e. The first-order valence-corrected chi connectivity index (χ1v) is 5.47. The maximum absolute atomic E-state index is 5.09. The van der Waals surface area contributed by atoms with Gasteiger partial charge in [-0.15, -0.1) is 0 Å². The molecule has 0 aliphatic carbocycles. The number of hydrogen-bond donors (Lipinski definition) is 2. The van der Waals surface area contributed by atoms with Crippen molar-refractivity contribution in [3.63, 3.8) is 0 Å². The number of thiocarbonyl (C=S) groups is 1. The SMILES string of the molecule is CNC(=S)NN1CCc2c(C)cccc21. The summed E-state index contributed by atoms with van der Waals surface area (Å²) in [6.45, 7) is 3.13. The molecule has 15 heavy (non-hydrogen) atoms. The Balaban J connectivity index is 2.21. The van der Waals surface area contributed by atoms with Crippen LogP contribution in [0, 0.1) is 6.92 Å². The number of nitrogens with one attached hydrogen (secondary N) is 2. The first kappa shape index (κ1) is 10.2. The molecule has 0 saturated carbocycles. The third-order valence-electron chi connectivity index (χ3n) is 2.73. The fraction of sp³-hybridized carbons (Fsp3) is 0.364. The highest BCUT2D eigenvalue weighted by atomic mass is 32.1. The van der Waals surface area contributed by atoms with Gasteiger partial charge in [0.05, 0.1) is 5.69 Å². The second kappa shape index (κ2) is 4.06. The Labute approximate surface area is 95.4 Å². The van der Waals surface area contributed by atoms with E-state index in [0.717, 1.165) is 13.0 Å². The number of aryl methyl sites for hydroxylation is 1. The number of anilines is 1. The summed E-state index contributed by atoms with van der Waals surface area (Å²) < 4.78 is 0. The molecule has 0 bridgehead atoms. The number of benzene rings is 1. The van der Waals surface area contributed by atoms with Crippen molar-refractivity contribution in [1.82, 2.24) is 10.7 Å². The van der Waals surface area contributed by atoms with Crippen molar-refractivity contribution >= 4 is 23.0 Å². The lowest BCUT2D eigenvalue weighted by atomic mass is 10.1. The Bertz CT molecular complexity index is 389. The normalized spacial score (nSPS) is 13.6. The molecule has 1 heterocycles. The van der Waals surface area contributed by atoms with Gasteiger partial charge in [-0.3, -0.25) is 10.4 Å².